The molecule has 1 heterocycles. The highest BCUT2D eigenvalue weighted by molar-refractivity contribution is 6.80. The molecule has 0 aromatic rings. The van der Waals surface area contributed by atoms with Crippen LogP contribution in [0, 0.1) is 0 Å². The van der Waals surface area contributed by atoms with E-state index in [1.54, 1.807) is 15.4 Å². The fraction of sp³-hybridized carbons (Fsp3) is 0. The number of rotatable bonds is 0. The molecule has 48 valence electrons. The van der Waals surface area contributed by atoms with Crippen molar-refractivity contribution in [1.29, 1.82) is 0 Å². The van der Waals surface area contributed by atoms with Gasteiger partial charge in [-0.25, -0.2) is 0 Å². The Balaban J connectivity index is 2.34. The van der Waals surface area contributed by atoms with Crippen LogP contribution in [0.4, 0.5) is 12.9 Å². The number of nitrogens with one attached hydrogen (secondary N) is 3. The maximum Gasteiger partial charge on any atom is 0.499 e. The summed E-state index contributed by atoms with van der Waals surface area (Å²) in [5, 5.41) is 5.14. The summed E-state index contributed by atoms with van der Waals surface area (Å²) in [5.41, 5.74) is 0. The summed E-state index contributed by atoms with van der Waals surface area (Å²) < 4.78 is 35.8. The van der Waals surface area contributed by atoms with Gasteiger partial charge >= 0.3 is 21.8 Å². The quantitative estimate of drug-likeness (QED) is 0.358. The van der Waals surface area contributed by atoms with E-state index in [4.69, 9.17) is 0 Å². The van der Waals surface area contributed by atoms with Crippen LogP contribution in [0.15, 0.2) is 0 Å². The van der Waals surface area contributed by atoms with Crippen LogP contribution in [-0.4, -0.2) is 21.8 Å². The van der Waals surface area contributed by atoms with Gasteiger partial charge in [0.1, 0.15) is 0 Å². The second kappa shape index (κ2) is 2.63. The van der Waals surface area contributed by atoms with Crippen LogP contribution in [-0.2, 0) is 0 Å². The van der Waals surface area contributed by atoms with Crippen molar-refractivity contribution in [2.75, 3.05) is 0 Å². The monoisotopic (exact) mass is 135 g/mol. The third-order valence-electron chi connectivity index (χ3n) is 0.878. The van der Waals surface area contributed by atoms with Gasteiger partial charge in [0.25, 0.3) is 0 Å². The molecule has 0 atom stereocenters. The van der Waals surface area contributed by atoms with Gasteiger partial charge in [-0.05, 0) is 0 Å². The van der Waals surface area contributed by atoms with Crippen LogP contribution in [0.3, 0.4) is 0 Å². The molecule has 0 unspecified atom stereocenters. The molecule has 1 rings (SSSR count). The number of halogens is 3. The predicted octanol–water partition coefficient (Wildman–Crippen LogP) is -1.37. The molecule has 0 aliphatic carbocycles. The minimum absolute atomic E-state index is 1.71. The second-order valence-corrected chi connectivity index (χ2v) is 1.59. The highest BCUT2D eigenvalue weighted by atomic mass is 19.1. The third kappa shape index (κ3) is 1.92. The van der Waals surface area contributed by atoms with Crippen LogP contribution in [0.2, 0.25) is 0 Å². The van der Waals surface area contributed by atoms with E-state index in [-0.39, 0.29) is 0 Å². The summed E-state index contributed by atoms with van der Waals surface area (Å²) in [6.07, 6.45) is 0. The lowest BCUT2D eigenvalue weighted by Crippen LogP contribution is -2.70. The highest BCUT2D eigenvalue weighted by Crippen LogP contribution is 1.87. The van der Waals surface area contributed by atoms with Gasteiger partial charge in [0.15, 0.2) is 0 Å². The Morgan fingerprint density at radius 3 is 1.11 bits per heavy atom. The zero-order chi connectivity index (χ0) is 6.85. The molecule has 9 heteroatoms. The fourth-order valence-corrected chi connectivity index (χ4v) is 0.530. The van der Waals surface area contributed by atoms with Gasteiger partial charge in [0.05, 0.1) is 0 Å². The van der Waals surface area contributed by atoms with Gasteiger partial charge in [-0.2, -0.15) is 0 Å². The molecule has 3 nitrogen and oxygen atoms in total. The Labute approximate surface area is 51.3 Å². The van der Waals surface area contributed by atoms with Crippen molar-refractivity contribution in [2.24, 2.45) is 0 Å². The molecule has 9 heavy (non-hydrogen) atoms. The molecule has 0 aromatic carbocycles. The molecular weight excluding hydrogens is 131 g/mol. The van der Waals surface area contributed by atoms with Gasteiger partial charge in [-0.15, -0.1) is 0 Å². The van der Waals surface area contributed by atoms with Crippen molar-refractivity contribution >= 4 is 21.8 Å². The molecule has 0 spiro atoms. The molecule has 1 aliphatic heterocycles. The first kappa shape index (κ1) is 6.98. The van der Waals surface area contributed by atoms with E-state index in [0.717, 1.165) is 0 Å². The lowest BCUT2D eigenvalue weighted by Gasteiger charge is -2.17. The molecule has 0 bridgehead atoms. The minimum Gasteiger partial charge on any atom is -0.311 e. The van der Waals surface area contributed by atoms with Crippen LogP contribution in [0.1, 0.15) is 0 Å². The highest BCUT2D eigenvalue weighted by Gasteiger charge is 2.37. The van der Waals surface area contributed by atoms with Crippen LogP contribution >= 0.6 is 0 Å². The molecular formula is H3B3F3N3. The first-order valence-corrected chi connectivity index (χ1v) is 2.39. The van der Waals surface area contributed by atoms with Crippen molar-refractivity contribution < 1.29 is 12.9 Å². The first-order chi connectivity index (χ1) is 4.18. The van der Waals surface area contributed by atoms with Gasteiger partial charge in [-0.3, -0.25) is 12.9 Å². The van der Waals surface area contributed by atoms with E-state index < -0.39 is 21.8 Å². The van der Waals surface area contributed by atoms with Crippen LogP contribution in [0.5, 0.6) is 0 Å². The molecule has 0 aromatic heterocycles. The largest absolute Gasteiger partial charge is 0.499 e. The summed E-state index contributed by atoms with van der Waals surface area (Å²) >= 11 is 0. The third-order valence-corrected chi connectivity index (χ3v) is 0.878. The normalized spacial score (nSPS) is 21.0. The Morgan fingerprint density at radius 1 is 0.667 bits per heavy atom. The second-order valence-electron chi connectivity index (χ2n) is 1.59. The van der Waals surface area contributed by atoms with Gasteiger partial charge in [0.2, 0.25) is 0 Å². The zero-order valence-corrected chi connectivity index (χ0v) is 4.37. The molecule has 0 radical (unpaired) electrons. The summed E-state index contributed by atoms with van der Waals surface area (Å²) in [5.74, 6) is 0. The molecule has 1 fully saturated rings. The number of hydrogen-bond acceptors (Lipinski definition) is 3. The summed E-state index contributed by atoms with van der Waals surface area (Å²) in [4.78, 5) is 0. The Morgan fingerprint density at radius 2 is 0.889 bits per heavy atom. The minimum atomic E-state index is -1.82. The lowest BCUT2D eigenvalue weighted by atomic mass is 9.76. The van der Waals surface area contributed by atoms with E-state index in [1.807, 2.05) is 0 Å². The van der Waals surface area contributed by atoms with Crippen molar-refractivity contribution in [1.82, 2.24) is 15.4 Å². The Hall–Kier alpha value is -0.135. The maximum absolute atomic E-state index is 11.9. The standard InChI is InChI=1S/B3F3H3N3/c4-1-7-2(5)9-3(6)8-1/h7-9H. The Bertz CT molecular complexity index is 75.3. The van der Waals surface area contributed by atoms with Gasteiger partial charge in [0, 0.05) is 0 Å². The molecule has 0 saturated carbocycles. The Kier molecular flexibility index (Phi) is 2.04. The van der Waals surface area contributed by atoms with Crippen molar-refractivity contribution in [3.63, 3.8) is 0 Å². The molecule has 0 amide bonds. The van der Waals surface area contributed by atoms with E-state index in [2.05, 4.69) is 0 Å². The molecule has 1 aliphatic rings. The van der Waals surface area contributed by atoms with Gasteiger partial charge in [-0.1, -0.05) is 0 Å². The average molecular weight is 134 g/mol. The summed E-state index contributed by atoms with van der Waals surface area (Å²) in [7, 11) is -5.47. The van der Waals surface area contributed by atoms with Crippen molar-refractivity contribution in [3.8, 4) is 0 Å². The zero-order valence-electron chi connectivity index (χ0n) is 4.37. The van der Waals surface area contributed by atoms with E-state index in [0.29, 0.717) is 0 Å². The van der Waals surface area contributed by atoms with Crippen molar-refractivity contribution in [3.05, 3.63) is 0 Å². The SMILES string of the molecule is FB1NB(F)NB(F)N1. The first-order valence-electron chi connectivity index (χ1n) is 2.39. The van der Waals surface area contributed by atoms with E-state index >= 15 is 0 Å². The fourth-order valence-electron chi connectivity index (χ4n) is 0.530. The van der Waals surface area contributed by atoms with E-state index in [9.17, 15) is 12.9 Å². The topological polar surface area (TPSA) is 36.1 Å². The maximum atomic E-state index is 11.9. The lowest BCUT2D eigenvalue weighted by molar-refractivity contribution is 0.690. The molecule has 1 saturated heterocycles. The van der Waals surface area contributed by atoms with Gasteiger partial charge < -0.3 is 15.4 Å². The summed E-state index contributed by atoms with van der Waals surface area (Å²) in [6.45, 7) is 0. The van der Waals surface area contributed by atoms with E-state index in [1.165, 1.54) is 0 Å². The summed E-state index contributed by atoms with van der Waals surface area (Å²) in [6, 6.07) is 0. The number of hydrogen-bond donors (Lipinski definition) is 3. The van der Waals surface area contributed by atoms with Crippen LogP contribution in [0.25, 0.3) is 0 Å². The average Bonchev–Trinajstić information content (AvgIpc) is 1.59. The smallest absolute Gasteiger partial charge is 0.311 e. The molecule has 3 N–H and O–H groups in total. The van der Waals surface area contributed by atoms with Crippen molar-refractivity contribution in [2.45, 2.75) is 0 Å². The van der Waals surface area contributed by atoms with Crippen LogP contribution < -0.4 is 15.4 Å². The predicted molar refractivity (Wildman–Crippen MR) is 30.0 cm³/mol.